The number of rotatable bonds is 1. The van der Waals surface area contributed by atoms with Gasteiger partial charge in [-0.15, -0.1) is 0 Å². The molecule has 0 bridgehead atoms. The van der Waals surface area contributed by atoms with E-state index in [1.165, 1.54) is 36.8 Å². The Morgan fingerprint density at radius 1 is 1.12 bits per heavy atom. The van der Waals surface area contributed by atoms with E-state index in [4.69, 9.17) is 4.74 Å². The number of nitrogens with one attached hydrogen (secondary N) is 1. The molecule has 1 saturated heterocycles. The average Bonchev–Trinajstić information content (AvgIpc) is 2.39. The van der Waals surface area contributed by atoms with Crippen molar-refractivity contribution in [3.8, 4) is 0 Å². The first-order valence-corrected chi connectivity index (χ1v) is 6.77. The van der Waals surface area contributed by atoms with Crippen LogP contribution in [0, 0.1) is 12.8 Å². The molecular weight excluding hydrogens is 210 g/mol. The average molecular weight is 231 g/mol. The van der Waals surface area contributed by atoms with Gasteiger partial charge in [0.05, 0.1) is 6.61 Å². The summed E-state index contributed by atoms with van der Waals surface area (Å²) in [6.45, 7) is 3.05. The van der Waals surface area contributed by atoms with E-state index < -0.39 is 0 Å². The van der Waals surface area contributed by atoms with E-state index in [9.17, 15) is 0 Å². The molecule has 0 amide bonds. The lowest BCUT2D eigenvalue weighted by molar-refractivity contribution is -0.0640. The van der Waals surface area contributed by atoms with Gasteiger partial charge in [0.2, 0.25) is 0 Å². The van der Waals surface area contributed by atoms with Gasteiger partial charge < -0.3 is 4.74 Å². The smallest absolute Gasteiger partial charge is 0.134 e. The molecule has 0 radical (unpaired) electrons. The number of hydrogen-bond donors (Lipinski definition) is 1. The van der Waals surface area contributed by atoms with Gasteiger partial charge in [-0.1, -0.05) is 42.7 Å². The molecule has 3 rings (SSSR count). The van der Waals surface area contributed by atoms with E-state index in [1.807, 2.05) is 0 Å². The van der Waals surface area contributed by atoms with Crippen molar-refractivity contribution in [1.29, 1.82) is 0 Å². The van der Waals surface area contributed by atoms with Crippen LogP contribution in [0.15, 0.2) is 24.3 Å². The highest BCUT2D eigenvalue weighted by Crippen LogP contribution is 2.32. The Balaban J connectivity index is 1.71. The fraction of sp³-hybridized carbons (Fsp3) is 0.600. The molecule has 2 nitrogen and oxygen atoms in total. The van der Waals surface area contributed by atoms with Crippen molar-refractivity contribution in [3.63, 3.8) is 0 Å². The Kier molecular flexibility index (Phi) is 3.17. The second kappa shape index (κ2) is 4.79. The van der Waals surface area contributed by atoms with Gasteiger partial charge in [-0.25, -0.2) is 0 Å². The number of fused-ring (bicyclic) bond motifs is 1. The summed E-state index contributed by atoms with van der Waals surface area (Å²) in [4.78, 5) is 0. The second-order valence-corrected chi connectivity index (χ2v) is 5.44. The van der Waals surface area contributed by atoms with Crippen molar-refractivity contribution in [2.45, 2.75) is 44.9 Å². The third kappa shape index (κ3) is 2.38. The lowest BCUT2D eigenvalue weighted by atomic mass is 9.84. The molecule has 3 atom stereocenters. The first-order valence-electron chi connectivity index (χ1n) is 6.77. The molecule has 1 aromatic rings. The maximum absolute atomic E-state index is 5.96. The zero-order valence-corrected chi connectivity index (χ0v) is 10.5. The molecule has 1 aliphatic carbocycles. The quantitative estimate of drug-likeness (QED) is 0.801. The first-order chi connectivity index (χ1) is 8.33. The minimum Gasteiger partial charge on any atom is -0.359 e. The summed E-state index contributed by atoms with van der Waals surface area (Å²) in [5.41, 5.74) is 2.57. The fourth-order valence-corrected chi connectivity index (χ4v) is 3.02. The van der Waals surface area contributed by atoms with E-state index in [0.717, 1.165) is 12.5 Å². The lowest BCUT2D eigenvalue weighted by Gasteiger charge is -2.40. The van der Waals surface area contributed by atoms with Crippen molar-refractivity contribution >= 4 is 0 Å². The zero-order valence-electron chi connectivity index (χ0n) is 10.5. The number of aryl methyl sites for hydroxylation is 1. The standard InChI is InChI=1S/C15H21NO/c1-11-6-8-12(9-7-11)15-16-14-5-3-2-4-13(14)10-17-15/h6-9,13-16H,2-5,10H2,1H3. The predicted molar refractivity (Wildman–Crippen MR) is 68.8 cm³/mol. The normalized spacial score (nSPS) is 33.1. The molecule has 17 heavy (non-hydrogen) atoms. The topological polar surface area (TPSA) is 21.3 Å². The largest absolute Gasteiger partial charge is 0.359 e. The van der Waals surface area contributed by atoms with Gasteiger partial charge in [0.25, 0.3) is 0 Å². The monoisotopic (exact) mass is 231 g/mol. The zero-order chi connectivity index (χ0) is 11.7. The molecule has 2 heteroatoms. The van der Waals surface area contributed by atoms with E-state index in [0.29, 0.717) is 6.04 Å². The Bertz CT molecular complexity index is 373. The summed E-state index contributed by atoms with van der Waals surface area (Å²) in [5, 5.41) is 3.67. The Labute approximate surface area is 103 Å². The van der Waals surface area contributed by atoms with Gasteiger partial charge in [0.1, 0.15) is 6.23 Å². The Morgan fingerprint density at radius 2 is 1.88 bits per heavy atom. The van der Waals surface area contributed by atoms with Crippen LogP contribution in [0.3, 0.4) is 0 Å². The van der Waals surface area contributed by atoms with Crippen LogP contribution in [-0.4, -0.2) is 12.6 Å². The van der Waals surface area contributed by atoms with Crippen LogP contribution in [0.4, 0.5) is 0 Å². The van der Waals surface area contributed by atoms with Gasteiger partial charge >= 0.3 is 0 Å². The summed E-state index contributed by atoms with van der Waals surface area (Å²) in [5.74, 6) is 0.741. The van der Waals surface area contributed by atoms with Crippen LogP contribution in [-0.2, 0) is 4.74 Å². The van der Waals surface area contributed by atoms with Crippen LogP contribution >= 0.6 is 0 Å². The molecule has 1 aliphatic heterocycles. The number of hydrogen-bond acceptors (Lipinski definition) is 2. The van der Waals surface area contributed by atoms with Crippen molar-refractivity contribution in [1.82, 2.24) is 5.32 Å². The van der Waals surface area contributed by atoms with Crippen molar-refractivity contribution in [2.75, 3.05) is 6.61 Å². The molecule has 92 valence electrons. The van der Waals surface area contributed by atoms with Gasteiger partial charge in [-0.05, 0) is 31.2 Å². The van der Waals surface area contributed by atoms with Crippen molar-refractivity contribution in [2.24, 2.45) is 5.92 Å². The molecule has 1 heterocycles. The number of ether oxygens (including phenoxy) is 1. The third-order valence-electron chi connectivity index (χ3n) is 4.13. The maximum atomic E-state index is 5.96. The molecule has 0 aromatic heterocycles. The highest BCUT2D eigenvalue weighted by Gasteiger charge is 2.32. The minimum absolute atomic E-state index is 0.106. The highest BCUT2D eigenvalue weighted by atomic mass is 16.5. The minimum atomic E-state index is 0.106. The molecular formula is C15H21NO. The third-order valence-corrected chi connectivity index (χ3v) is 4.13. The van der Waals surface area contributed by atoms with Crippen LogP contribution in [0.1, 0.15) is 43.0 Å². The SMILES string of the molecule is Cc1ccc(C2NC3CCCCC3CO2)cc1. The molecule has 2 fully saturated rings. The lowest BCUT2D eigenvalue weighted by Crippen LogP contribution is -2.48. The van der Waals surface area contributed by atoms with Gasteiger partial charge in [0.15, 0.2) is 0 Å². The van der Waals surface area contributed by atoms with Gasteiger partial charge in [-0.2, -0.15) is 0 Å². The van der Waals surface area contributed by atoms with Crippen LogP contribution < -0.4 is 5.32 Å². The van der Waals surface area contributed by atoms with Crippen molar-refractivity contribution < 1.29 is 4.74 Å². The van der Waals surface area contributed by atoms with E-state index in [2.05, 4.69) is 36.5 Å². The second-order valence-electron chi connectivity index (χ2n) is 5.44. The molecule has 1 aromatic carbocycles. The van der Waals surface area contributed by atoms with Crippen molar-refractivity contribution in [3.05, 3.63) is 35.4 Å². The fourth-order valence-electron chi connectivity index (χ4n) is 3.02. The van der Waals surface area contributed by atoms with Crippen LogP contribution in [0.2, 0.25) is 0 Å². The maximum Gasteiger partial charge on any atom is 0.134 e. The van der Waals surface area contributed by atoms with E-state index in [1.54, 1.807) is 0 Å². The summed E-state index contributed by atoms with van der Waals surface area (Å²) < 4.78 is 5.96. The van der Waals surface area contributed by atoms with Crippen LogP contribution in [0.25, 0.3) is 0 Å². The molecule has 1 N–H and O–H groups in total. The Morgan fingerprint density at radius 3 is 2.71 bits per heavy atom. The van der Waals surface area contributed by atoms with Gasteiger partial charge in [-0.3, -0.25) is 5.32 Å². The summed E-state index contributed by atoms with van der Waals surface area (Å²) in [6, 6.07) is 9.34. The van der Waals surface area contributed by atoms with Crippen LogP contribution in [0.5, 0.6) is 0 Å². The first kappa shape index (κ1) is 11.2. The predicted octanol–water partition coefficient (Wildman–Crippen LogP) is 3.17. The van der Waals surface area contributed by atoms with E-state index in [-0.39, 0.29) is 6.23 Å². The summed E-state index contributed by atoms with van der Waals surface area (Å²) in [6.07, 6.45) is 5.50. The number of benzene rings is 1. The molecule has 3 unspecified atom stereocenters. The summed E-state index contributed by atoms with van der Waals surface area (Å²) >= 11 is 0. The highest BCUT2D eigenvalue weighted by molar-refractivity contribution is 5.23. The molecule has 1 saturated carbocycles. The van der Waals surface area contributed by atoms with Gasteiger partial charge in [0, 0.05) is 6.04 Å². The summed E-state index contributed by atoms with van der Waals surface area (Å²) in [7, 11) is 0. The molecule has 0 spiro atoms. The molecule has 2 aliphatic rings. The van der Waals surface area contributed by atoms with E-state index >= 15 is 0 Å². The Hall–Kier alpha value is -0.860.